The maximum Gasteiger partial charge on any atom is 0.398 e. The van der Waals surface area contributed by atoms with Crippen LogP contribution in [0.25, 0.3) is 0 Å². The quantitative estimate of drug-likeness (QED) is 0.475. The molecule has 2 rings (SSSR count). The van der Waals surface area contributed by atoms with Crippen molar-refractivity contribution in [1.82, 2.24) is 0 Å². The van der Waals surface area contributed by atoms with Crippen LogP contribution in [0.5, 0.6) is 0 Å². The topological polar surface area (TPSA) is 77.1 Å². The number of hydrogen-bond acceptors (Lipinski definition) is 6. The fraction of sp³-hybridized carbons (Fsp3) is 0.368. The summed E-state index contributed by atoms with van der Waals surface area (Å²) in [6, 6.07) is 19.6. The van der Waals surface area contributed by atoms with Crippen molar-refractivity contribution in [3.05, 3.63) is 60.7 Å². The number of rotatable bonds is 8. The zero-order valence-electron chi connectivity index (χ0n) is 17.1. The van der Waals surface area contributed by atoms with Crippen molar-refractivity contribution in [1.29, 1.82) is 0 Å². The summed E-state index contributed by atoms with van der Waals surface area (Å²) in [5.41, 5.74) is 0. The second-order valence-corrected chi connectivity index (χ2v) is 12.8. The van der Waals surface area contributed by atoms with Gasteiger partial charge in [-0.15, -0.1) is 0 Å². The molecule has 0 aromatic heterocycles. The fourth-order valence-corrected chi connectivity index (χ4v) is 7.34. The summed E-state index contributed by atoms with van der Waals surface area (Å²) in [7, 11) is 2.48. The monoisotopic (exact) mass is 443 g/mol. The van der Waals surface area contributed by atoms with Crippen LogP contribution >= 0.6 is 12.6 Å². The first-order valence-corrected chi connectivity index (χ1v) is 13.2. The van der Waals surface area contributed by atoms with Crippen molar-refractivity contribution in [2.24, 2.45) is 0 Å². The summed E-state index contributed by atoms with van der Waals surface area (Å²) in [5, 5.41) is 20.2. The van der Waals surface area contributed by atoms with Crippen LogP contribution in [0.2, 0.25) is 0 Å². The van der Waals surface area contributed by atoms with Gasteiger partial charge in [-0.05, 0) is 10.4 Å². The Balaban J connectivity index is 0.000000478. The van der Waals surface area contributed by atoms with Gasteiger partial charge in [0.05, 0.1) is 13.3 Å². The number of aliphatic hydroxyl groups excluding tert-OH is 1. The molecule has 2 aromatic carbocycles. The second-order valence-electron chi connectivity index (χ2n) is 5.37. The number of aliphatic hydroxyl groups is 1. The molecule has 28 heavy (non-hydrogen) atoms. The Hall–Kier alpha value is -1.02. The molecule has 0 heterocycles. The zero-order chi connectivity index (χ0) is 21.5. The van der Waals surface area contributed by atoms with Gasteiger partial charge in [-0.1, -0.05) is 60.7 Å². The van der Waals surface area contributed by atoms with Gasteiger partial charge in [-0.3, -0.25) is 0 Å². The molecule has 0 amide bonds. The van der Waals surface area contributed by atoms with Gasteiger partial charge < -0.3 is 22.8 Å². The summed E-state index contributed by atoms with van der Waals surface area (Å²) >= 11 is 4.28. The highest BCUT2D eigenvalue weighted by molar-refractivity contribution is 7.82. The Labute approximate surface area is 176 Å². The van der Waals surface area contributed by atoms with Crippen molar-refractivity contribution in [3.63, 3.8) is 0 Å². The predicted octanol–water partition coefficient (Wildman–Crippen LogP) is 1.30. The molecule has 6 nitrogen and oxygen atoms in total. The normalized spacial score (nSPS) is 11.0. The lowest BCUT2D eigenvalue weighted by Gasteiger charge is -2.25. The molecule has 1 N–H and O–H groups in total. The zero-order valence-corrected chi connectivity index (χ0v) is 20.0. The third kappa shape index (κ3) is 7.10. The molecule has 2 aromatic rings. The van der Waals surface area contributed by atoms with Crippen LogP contribution in [-0.4, -0.2) is 69.4 Å². The Bertz CT molecular complexity index is 538. The Kier molecular flexibility index (Phi) is 14.4. The van der Waals surface area contributed by atoms with Crippen molar-refractivity contribution in [3.8, 4) is 0 Å². The summed E-state index contributed by atoms with van der Waals surface area (Å²) < 4.78 is 21.5. The maximum absolute atomic E-state index is 9.24. The average Bonchev–Trinajstić information content (AvgIpc) is 2.80. The van der Waals surface area contributed by atoms with Gasteiger partial charge in [0.2, 0.25) is 0 Å². The molecule has 0 aliphatic carbocycles. The van der Waals surface area contributed by atoms with E-state index in [1.54, 1.807) is 28.4 Å². The van der Waals surface area contributed by atoms with Crippen molar-refractivity contribution in [2.45, 2.75) is 0 Å². The van der Waals surface area contributed by atoms with Gasteiger partial charge in [-0.25, -0.2) is 5.11 Å². The van der Waals surface area contributed by atoms with Crippen LogP contribution in [0, 0.1) is 0 Å². The Morgan fingerprint density at radius 2 is 1.04 bits per heavy atom. The van der Waals surface area contributed by atoms with E-state index < -0.39 is 17.1 Å². The van der Waals surface area contributed by atoms with E-state index in [0.717, 1.165) is 17.5 Å². The molecular formula is C19H31O6SSi2. The minimum atomic E-state index is -2.54. The first-order valence-electron chi connectivity index (χ1n) is 8.52. The molecule has 0 saturated heterocycles. The number of thiol groups is 1. The SMILES string of the molecule is CO[Si](CO)(OC)c1ccccc1.CO[Si](CS)(OC)c1ccccc1.C[O]. The van der Waals surface area contributed by atoms with Crippen LogP contribution in [0.4, 0.5) is 0 Å². The summed E-state index contributed by atoms with van der Waals surface area (Å²) in [4.78, 5) is 0. The lowest BCUT2D eigenvalue weighted by molar-refractivity contribution is 0.211. The maximum atomic E-state index is 9.24. The van der Waals surface area contributed by atoms with E-state index in [-0.39, 0.29) is 6.23 Å². The van der Waals surface area contributed by atoms with E-state index in [1.807, 2.05) is 60.7 Å². The van der Waals surface area contributed by atoms with E-state index in [4.69, 9.17) is 22.8 Å². The van der Waals surface area contributed by atoms with Crippen molar-refractivity contribution < 1.29 is 27.9 Å². The molecule has 157 valence electrons. The van der Waals surface area contributed by atoms with Gasteiger partial charge in [0.25, 0.3) is 0 Å². The van der Waals surface area contributed by atoms with E-state index >= 15 is 0 Å². The third-order valence-electron chi connectivity index (χ3n) is 4.16. The van der Waals surface area contributed by atoms with Crippen LogP contribution in [0.15, 0.2) is 60.7 Å². The molecule has 1 radical (unpaired) electrons. The third-order valence-corrected chi connectivity index (χ3v) is 11.3. The van der Waals surface area contributed by atoms with Crippen molar-refractivity contribution in [2.75, 3.05) is 47.2 Å². The molecule has 0 unspecified atom stereocenters. The fourth-order valence-electron chi connectivity index (χ4n) is 2.46. The molecule has 0 saturated carbocycles. The van der Waals surface area contributed by atoms with Gasteiger partial charge in [0.1, 0.15) is 0 Å². The molecule has 0 aliphatic heterocycles. The van der Waals surface area contributed by atoms with Gasteiger partial charge in [-0.2, -0.15) is 12.6 Å². The summed E-state index contributed by atoms with van der Waals surface area (Å²) in [6.07, 6.45) is -0.0655. The van der Waals surface area contributed by atoms with E-state index in [2.05, 4.69) is 12.6 Å². The molecule has 0 fully saturated rings. The lowest BCUT2D eigenvalue weighted by atomic mass is 10.4. The van der Waals surface area contributed by atoms with Crippen LogP contribution in [0.3, 0.4) is 0 Å². The second kappa shape index (κ2) is 14.9. The van der Waals surface area contributed by atoms with E-state index in [0.29, 0.717) is 5.38 Å². The highest BCUT2D eigenvalue weighted by Crippen LogP contribution is 2.07. The molecule has 0 bridgehead atoms. The van der Waals surface area contributed by atoms with Crippen LogP contribution in [-0.2, 0) is 22.8 Å². The highest BCUT2D eigenvalue weighted by atomic mass is 32.1. The Morgan fingerprint density at radius 1 is 0.714 bits per heavy atom. The molecule has 0 spiro atoms. The van der Waals surface area contributed by atoms with E-state index in [1.165, 1.54) is 0 Å². The van der Waals surface area contributed by atoms with Crippen LogP contribution in [0.1, 0.15) is 0 Å². The molecular weight excluding hydrogens is 412 g/mol. The molecule has 0 aliphatic rings. The smallest absolute Gasteiger partial charge is 0.394 e. The highest BCUT2D eigenvalue weighted by Gasteiger charge is 2.37. The standard InChI is InChI=1S/C9H14O3Si.C9H14O2SSi.CH3O/c1-11-13(8-10,12-2)9-6-4-3-5-7-9;1-10-13(8-12,11-2)9-6-4-3-5-7-9;1-2/h3-7,10H,8H2,1-2H3;3-7,12H,8H2,1-2H3;1H3. The Morgan fingerprint density at radius 3 is 1.29 bits per heavy atom. The first-order chi connectivity index (χ1) is 13.6. The predicted molar refractivity (Wildman–Crippen MR) is 119 cm³/mol. The first kappa shape index (κ1) is 27.0. The van der Waals surface area contributed by atoms with Gasteiger partial charge in [0, 0.05) is 33.8 Å². The lowest BCUT2D eigenvalue weighted by Crippen LogP contribution is -2.56. The number of benzene rings is 2. The van der Waals surface area contributed by atoms with Gasteiger partial charge in [0.15, 0.2) is 0 Å². The summed E-state index contributed by atoms with van der Waals surface area (Å²) in [5.74, 6) is 0. The van der Waals surface area contributed by atoms with E-state index in [9.17, 15) is 5.11 Å². The molecule has 9 heteroatoms. The number of hydrogen-bond donors (Lipinski definition) is 2. The minimum absolute atomic E-state index is 0.0655. The minimum Gasteiger partial charge on any atom is -0.394 e. The summed E-state index contributed by atoms with van der Waals surface area (Å²) in [6.45, 7) is 0. The van der Waals surface area contributed by atoms with Crippen molar-refractivity contribution >= 4 is 40.1 Å². The van der Waals surface area contributed by atoms with Crippen LogP contribution < -0.4 is 10.4 Å². The molecule has 0 atom stereocenters. The van der Waals surface area contributed by atoms with Gasteiger partial charge >= 0.3 is 17.1 Å². The largest absolute Gasteiger partial charge is 0.398 e. The average molecular weight is 444 g/mol.